The number of rotatable bonds is 5. The summed E-state index contributed by atoms with van der Waals surface area (Å²) in [6.07, 6.45) is 0. The number of methoxy groups -OCH3 is 1. The Kier molecular flexibility index (Phi) is 5.79. The van der Waals surface area contributed by atoms with Crippen LogP contribution in [0.2, 0.25) is 5.02 Å². The molecule has 132 valence electrons. The molecule has 1 amide bonds. The number of nitrogens with one attached hydrogen (secondary N) is 1. The van der Waals surface area contributed by atoms with Crippen LogP contribution in [0.4, 0.5) is 5.69 Å². The molecule has 1 fully saturated rings. The number of carbonyl (C=O) groups excluding carboxylic acids is 1. The van der Waals surface area contributed by atoms with Crippen molar-refractivity contribution < 1.29 is 9.53 Å². The fourth-order valence-corrected chi connectivity index (χ4v) is 3.18. The number of halogens is 1. The molecule has 25 heavy (non-hydrogen) atoms. The molecule has 5 nitrogen and oxygen atoms in total. The van der Waals surface area contributed by atoms with Crippen LogP contribution < -0.4 is 15.0 Å². The van der Waals surface area contributed by atoms with E-state index in [1.54, 1.807) is 19.2 Å². The normalized spacial score (nSPS) is 15.0. The summed E-state index contributed by atoms with van der Waals surface area (Å²) in [5.74, 6) is 0.751. The molecule has 1 N–H and O–H groups in total. The van der Waals surface area contributed by atoms with Crippen LogP contribution in [0.5, 0.6) is 5.75 Å². The molecule has 6 heteroatoms. The van der Waals surface area contributed by atoms with Crippen molar-refractivity contribution >= 4 is 23.2 Å². The lowest BCUT2D eigenvalue weighted by molar-refractivity contribution is 0.0920. The highest BCUT2D eigenvalue weighted by atomic mass is 35.5. The number of hydrogen-bond acceptors (Lipinski definition) is 4. The first kappa shape index (κ1) is 17.6. The monoisotopic (exact) mass is 359 g/mol. The van der Waals surface area contributed by atoms with Crippen LogP contribution in [-0.4, -0.2) is 50.8 Å². The van der Waals surface area contributed by atoms with Crippen molar-refractivity contribution in [1.82, 2.24) is 10.2 Å². The van der Waals surface area contributed by atoms with Crippen LogP contribution in [0, 0.1) is 0 Å². The predicted octanol–water partition coefficient (Wildman–Crippen LogP) is 2.86. The average molecular weight is 360 g/mol. The molecule has 0 bridgehead atoms. The Labute approximate surface area is 153 Å². The number of para-hydroxylation sites is 2. The van der Waals surface area contributed by atoms with E-state index in [4.69, 9.17) is 16.3 Å². The average Bonchev–Trinajstić information content (AvgIpc) is 2.67. The van der Waals surface area contributed by atoms with Gasteiger partial charge in [0.2, 0.25) is 0 Å². The van der Waals surface area contributed by atoms with Gasteiger partial charge in [-0.15, -0.1) is 0 Å². The number of piperazine rings is 1. The Morgan fingerprint density at radius 1 is 1.08 bits per heavy atom. The van der Waals surface area contributed by atoms with Crippen LogP contribution in [0.1, 0.15) is 10.4 Å². The summed E-state index contributed by atoms with van der Waals surface area (Å²) >= 11 is 6.06. The maximum atomic E-state index is 12.2. The quantitative estimate of drug-likeness (QED) is 0.891. The third-order valence-corrected chi connectivity index (χ3v) is 4.71. The molecule has 0 spiro atoms. The van der Waals surface area contributed by atoms with Crippen LogP contribution >= 0.6 is 11.6 Å². The lowest BCUT2D eigenvalue weighted by atomic mass is 10.2. The molecule has 0 aromatic heterocycles. The van der Waals surface area contributed by atoms with E-state index in [-0.39, 0.29) is 5.91 Å². The number of ether oxygens (including phenoxy) is 1. The molecule has 1 saturated heterocycles. The second-order valence-electron chi connectivity index (χ2n) is 5.92. The van der Waals surface area contributed by atoms with Gasteiger partial charge in [-0.25, -0.2) is 0 Å². The summed E-state index contributed by atoms with van der Waals surface area (Å²) in [5.41, 5.74) is 1.63. The van der Waals surface area contributed by atoms with Gasteiger partial charge in [0.25, 0.3) is 5.91 Å². The van der Waals surface area contributed by atoms with Gasteiger partial charge >= 0.3 is 0 Å². The van der Waals surface area contributed by atoms with Crippen molar-refractivity contribution in [2.45, 2.75) is 0 Å². The molecular weight excluding hydrogens is 338 g/mol. The standard InChI is InChI=1S/C19H22ClN3O2/c1-25-18-9-5-4-8-17(18)23-12-10-22(11-13-23)14-21-19(24)15-6-2-3-7-16(15)20/h2-9H,10-14H2,1H3,(H,21,24). The maximum absolute atomic E-state index is 12.2. The molecule has 2 aromatic rings. The van der Waals surface area contributed by atoms with Crippen LogP contribution in [0.3, 0.4) is 0 Å². The lowest BCUT2D eigenvalue weighted by Gasteiger charge is -2.36. The van der Waals surface area contributed by atoms with Gasteiger partial charge in [0, 0.05) is 26.2 Å². The van der Waals surface area contributed by atoms with E-state index in [0.29, 0.717) is 17.3 Å². The number of carbonyl (C=O) groups is 1. The zero-order valence-electron chi connectivity index (χ0n) is 14.2. The highest BCUT2D eigenvalue weighted by Crippen LogP contribution is 2.28. The van der Waals surface area contributed by atoms with Gasteiger partial charge in [0.15, 0.2) is 0 Å². The maximum Gasteiger partial charge on any atom is 0.253 e. The number of nitrogens with zero attached hydrogens (tertiary/aromatic N) is 2. The summed E-state index contributed by atoms with van der Waals surface area (Å²) in [6, 6.07) is 15.1. The minimum absolute atomic E-state index is 0.141. The van der Waals surface area contributed by atoms with E-state index in [9.17, 15) is 4.79 Å². The fraction of sp³-hybridized carbons (Fsp3) is 0.316. The molecular formula is C19H22ClN3O2. The Bertz CT molecular complexity index is 730. The van der Waals surface area contributed by atoms with Crippen molar-refractivity contribution in [2.24, 2.45) is 0 Å². The van der Waals surface area contributed by atoms with Gasteiger partial charge in [-0.2, -0.15) is 0 Å². The minimum Gasteiger partial charge on any atom is -0.495 e. The van der Waals surface area contributed by atoms with Crippen LogP contribution in [-0.2, 0) is 0 Å². The first-order valence-corrected chi connectivity index (χ1v) is 8.70. The van der Waals surface area contributed by atoms with Crippen molar-refractivity contribution in [3.05, 3.63) is 59.1 Å². The topological polar surface area (TPSA) is 44.8 Å². The Balaban J connectivity index is 1.51. The zero-order chi connectivity index (χ0) is 17.6. The number of benzene rings is 2. The first-order chi connectivity index (χ1) is 12.2. The summed E-state index contributed by atoms with van der Waals surface area (Å²) in [4.78, 5) is 16.8. The second-order valence-corrected chi connectivity index (χ2v) is 6.33. The van der Waals surface area contributed by atoms with Crippen molar-refractivity contribution in [1.29, 1.82) is 0 Å². The Morgan fingerprint density at radius 2 is 1.76 bits per heavy atom. The second kappa shape index (κ2) is 8.23. The Morgan fingerprint density at radius 3 is 2.48 bits per heavy atom. The molecule has 0 aliphatic carbocycles. The van der Waals surface area contributed by atoms with Gasteiger partial charge < -0.3 is 15.0 Å². The van der Waals surface area contributed by atoms with E-state index < -0.39 is 0 Å². The number of amides is 1. The van der Waals surface area contributed by atoms with Crippen molar-refractivity contribution in [3.63, 3.8) is 0 Å². The van der Waals surface area contributed by atoms with Crippen molar-refractivity contribution in [3.8, 4) is 5.75 Å². The highest BCUT2D eigenvalue weighted by Gasteiger charge is 2.20. The molecule has 0 radical (unpaired) electrons. The smallest absolute Gasteiger partial charge is 0.253 e. The SMILES string of the molecule is COc1ccccc1N1CCN(CNC(=O)c2ccccc2Cl)CC1. The highest BCUT2D eigenvalue weighted by molar-refractivity contribution is 6.33. The lowest BCUT2D eigenvalue weighted by Crippen LogP contribution is -2.50. The molecule has 1 aliphatic heterocycles. The molecule has 0 unspecified atom stereocenters. The van der Waals surface area contributed by atoms with Gasteiger partial charge in [0.05, 0.1) is 30.1 Å². The van der Waals surface area contributed by atoms with E-state index in [0.717, 1.165) is 37.6 Å². The number of hydrogen-bond donors (Lipinski definition) is 1. The first-order valence-electron chi connectivity index (χ1n) is 8.32. The van der Waals surface area contributed by atoms with Crippen molar-refractivity contribution in [2.75, 3.05) is 44.9 Å². The Hall–Kier alpha value is -2.24. The summed E-state index contributed by atoms with van der Waals surface area (Å²) < 4.78 is 5.44. The van der Waals surface area contributed by atoms with Gasteiger partial charge in [-0.05, 0) is 24.3 Å². The third-order valence-electron chi connectivity index (χ3n) is 4.38. The van der Waals surface area contributed by atoms with Gasteiger partial charge in [-0.1, -0.05) is 35.9 Å². The molecule has 0 atom stereocenters. The fourth-order valence-electron chi connectivity index (χ4n) is 2.96. The van der Waals surface area contributed by atoms with Gasteiger partial charge in [-0.3, -0.25) is 9.69 Å². The van der Waals surface area contributed by atoms with E-state index in [2.05, 4.69) is 21.2 Å². The van der Waals surface area contributed by atoms with Gasteiger partial charge in [0.1, 0.15) is 5.75 Å². The minimum atomic E-state index is -0.141. The van der Waals surface area contributed by atoms with E-state index in [1.807, 2.05) is 30.3 Å². The third kappa shape index (κ3) is 4.24. The molecule has 1 heterocycles. The molecule has 3 rings (SSSR count). The summed E-state index contributed by atoms with van der Waals surface area (Å²) in [7, 11) is 1.69. The summed E-state index contributed by atoms with van der Waals surface area (Å²) in [6.45, 7) is 4.05. The van der Waals surface area contributed by atoms with Crippen LogP contribution in [0.15, 0.2) is 48.5 Å². The van der Waals surface area contributed by atoms with E-state index in [1.165, 1.54) is 0 Å². The van der Waals surface area contributed by atoms with E-state index >= 15 is 0 Å². The molecule has 2 aromatic carbocycles. The van der Waals surface area contributed by atoms with Crippen LogP contribution in [0.25, 0.3) is 0 Å². The number of anilines is 1. The predicted molar refractivity (Wildman–Crippen MR) is 101 cm³/mol. The molecule has 0 saturated carbocycles. The molecule has 1 aliphatic rings. The zero-order valence-corrected chi connectivity index (χ0v) is 15.0. The summed E-state index contributed by atoms with van der Waals surface area (Å²) in [5, 5.41) is 3.42. The largest absolute Gasteiger partial charge is 0.495 e.